The van der Waals surface area contributed by atoms with E-state index in [1.165, 1.54) is 11.8 Å². The first-order valence-corrected chi connectivity index (χ1v) is 8.66. The Morgan fingerprint density at radius 2 is 1.92 bits per heavy atom. The summed E-state index contributed by atoms with van der Waals surface area (Å²) in [5.74, 6) is 0.0512. The lowest BCUT2D eigenvalue weighted by Crippen LogP contribution is -2.17. The molecular weight excluding hydrogens is 338 g/mol. The number of benzene rings is 2. The molecule has 0 radical (unpaired) electrons. The predicted octanol–water partition coefficient (Wildman–Crippen LogP) is 3.71. The number of hydrogen-bond donors (Lipinski definition) is 1. The molecule has 2 aromatic carbocycles. The number of amides is 1. The molecule has 1 N–H and O–H groups in total. The van der Waals surface area contributed by atoms with Crippen LogP contribution in [-0.4, -0.2) is 25.1 Å². The Morgan fingerprint density at radius 3 is 2.68 bits per heavy atom. The number of esters is 1. The van der Waals surface area contributed by atoms with E-state index in [1.54, 1.807) is 19.1 Å². The smallest absolute Gasteiger partial charge is 0.344 e. The second kappa shape index (κ2) is 7.90. The van der Waals surface area contributed by atoms with E-state index in [2.05, 4.69) is 5.32 Å². The summed E-state index contributed by atoms with van der Waals surface area (Å²) in [6.45, 7) is 1.96. The van der Waals surface area contributed by atoms with Gasteiger partial charge in [0.15, 0.2) is 6.61 Å². The molecule has 0 unspecified atom stereocenters. The van der Waals surface area contributed by atoms with Crippen LogP contribution in [0.15, 0.2) is 58.3 Å². The molecule has 25 heavy (non-hydrogen) atoms. The fourth-order valence-corrected chi connectivity index (χ4v) is 3.21. The summed E-state index contributed by atoms with van der Waals surface area (Å²) in [5, 5.41) is 2.88. The summed E-state index contributed by atoms with van der Waals surface area (Å²) in [4.78, 5) is 25.1. The van der Waals surface area contributed by atoms with Crippen molar-refractivity contribution < 1.29 is 19.1 Å². The van der Waals surface area contributed by atoms with Crippen molar-refractivity contribution in [1.82, 2.24) is 0 Å². The number of carbonyl (C=O) groups is 2. The maximum absolute atomic E-state index is 12.2. The molecule has 0 saturated heterocycles. The minimum absolute atomic E-state index is 0.119. The molecule has 0 bridgehead atoms. The van der Waals surface area contributed by atoms with Crippen molar-refractivity contribution in [2.75, 3.05) is 18.5 Å². The molecule has 0 saturated carbocycles. The first kappa shape index (κ1) is 17.1. The number of para-hydroxylation sites is 1. The summed E-state index contributed by atoms with van der Waals surface area (Å²) in [7, 11) is 0. The van der Waals surface area contributed by atoms with Crippen LogP contribution in [0.4, 0.5) is 5.69 Å². The summed E-state index contributed by atoms with van der Waals surface area (Å²) in [6.07, 6.45) is 1.82. The Hall–Kier alpha value is -2.73. The van der Waals surface area contributed by atoms with Gasteiger partial charge in [0, 0.05) is 4.90 Å². The maximum Gasteiger partial charge on any atom is 0.344 e. The Morgan fingerprint density at radius 1 is 1.16 bits per heavy atom. The van der Waals surface area contributed by atoms with Gasteiger partial charge in [-0.2, -0.15) is 0 Å². The standard InChI is InChI=1S/C19H17NO4S/c1-2-23-18(21)12-24-14-9-7-13(8-10-14)11-17-19(22)20-15-5-3-4-6-16(15)25-17/h3-11H,2,12H2,1H3,(H,20,22)/b17-11-. The highest BCUT2D eigenvalue weighted by Crippen LogP contribution is 2.38. The van der Waals surface area contributed by atoms with Gasteiger partial charge in [-0.1, -0.05) is 36.0 Å². The van der Waals surface area contributed by atoms with Crippen LogP contribution in [0.5, 0.6) is 5.75 Å². The molecule has 3 rings (SSSR count). The summed E-state index contributed by atoms with van der Waals surface area (Å²) < 4.78 is 10.2. The number of ether oxygens (including phenoxy) is 2. The zero-order valence-electron chi connectivity index (χ0n) is 13.7. The van der Waals surface area contributed by atoms with Crippen molar-refractivity contribution in [2.24, 2.45) is 0 Å². The van der Waals surface area contributed by atoms with Crippen LogP contribution in [-0.2, 0) is 14.3 Å². The van der Waals surface area contributed by atoms with E-state index in [9.17, 15) is 9.59 Å². The molecule has 1 heterocycles. The minimum atomic E-state index is -0.400. The molecule has 0 spiro atoms. The van der Waals surface area contributed by atoms with Crippen LogP contribution in [0.2, 0.25) is 0 Å². The molecule has 5 nitrogen and oxygen atoms in total. The second-order valence-corrected chi connectivity index (χ2v) is 6.31. The fourth-order valence-electron chi connectivity index (χ4n) is 2.26. The van der Waals surface area contributed by atoms with Crippen molar-refractivity contribution in [1.29, 1.82) is 0 Å². The number of hydrogen-bond acceptors (Lipinski definition) is 5. The molecule has 128 valence electrons. The van der Waals surface area contributed by atoms with Gasteiger partial charge in [0.2, 0.25) is 0 Å². The van der Waals surface area contributed by atoms with Gasteiger partial charge in [0.1, 0.15) is 5.75 Å². The monoisotopic (exact) mass is 355 g/mol. The summed E-state index contributed by atoms with van der Waals surface area (Å²) >= 11 is 1.44. The van der Waals surface area contributed by atoms with Crippen molar-refractivity contribution >= 4 is 35.4 Å². The Bertz CT molecular complexity index is 814. The highest BCUT2D eigenvalue weighted by atomic mass is 32.2. The van der Waals surface area contributed by atoms with E-state index < -0.39 is 5.97 Å². The van der Waals surface area contributed by atoms with Gasteiger partial charge in [0.25, 0.3) is 5.91 Å². The van der Waals surface area contributed by atoms with Gasteiger partial charge >= 0.3 is 5.97 Å². The number of nitrogens with one attached hydrogen (secondary N) is 1. The molecule has 1 aliphatic heterocycles. The number of thioether (sulfide) groups is 1. The lowest BCUT2D eigenvalue weighted by atomic mass is 10.2. The number of rotatable bonds is 5. The van der Waals surface area contributed by atoms with Gasteiger partial charge in [0.05, 0.1) is 17.2 Å². The third-order valence-corrected chi connectivity index (χ3v) is 4.52. The highest BCUT2D eigenvalue weighted by molar-refractivity contribution is 8.04. The lowest BCUT2D eigenvalue weighted by molar-refractivity contribution is -0.145. The highest BCUT2D eigenvalue weighted by Gasteiger charge is 2.20. The van der Waals surface area contributed by atoms with Gasteiger partial charge in [-0.3, -0.25) is 4.79 Å². The molecule has 0 aromatic heterocycles. The van der Waals surface area contributed by atoms with E-state index in [0.29, 0.717) is 17.3 Å². The van der Waals surface area contributed by atoms with Crippen LogP contribution in [0, 0.1) is 0 Å². The van der Waals surface area contributed by atoms with Gasteiger partial charge in [-0.25, -0.2) is 4.79 Å². The van der Waals surface area contributed by atoms with Crippen LogP contribution in [0.1, 0.15) is 12.5 Å². The van der Waals surface area contributed by atoms with Crippen LogP contribution in [0.25, 0.3) is 6.08 Å². The normalized spacial score (nSPS) is 14.6. The first-order chi connectivity index (χ1) is 12.2. The quantitative estimate of drug-likeness (QED) is 0.654. The van der Waals surface area contributed by atoms with Crippen molar-refractivity contribution in [3.8, 4) is 5.75 Å². The first-order valence-electron chi connectivity index (χ1n) is 7.84. The topological polar surface area (TPSA) is 64.6 Å². The van der Waals surface area contributed by atoms with E-state index in [4.69, 9.17) is 9.47 Å². The largest absolute Gasteiger partial charge is 0.482 e. The summed E-state index contributed by atoms with van der Waals surface area (Å²) in [6, 6.07) is 14.9. The van der Waals surface area contributed by atoms with Crippen LogP contribution >= 0.6 is 11.8 Å². The van der Waals surface area contributed by atoms with E-state index in [0.717, 1.165) is 16.1 Å². The van der Waals surface area contributed by atoms with Gasteiger partial charge in [-0.15, -0.1) is 0 Å². The van der Waals surface area contributed by atoms with Crippen molar-refractivity contribution in [3.63, 3.8) is 0 Å². The average molecular weight is 355 g/mol. The second-order valence-electron chi connectivity index (χ2n) is 5.22. The average Bonchev–Trinajstić information content (AvgIpc) is 2.62. The zero-order valence-corrected chi connectivity index (χ0v) is 14.5. The van der Waals surface area contributed by atoms with Gasteiger partial charge in [-0.05, 0) is 42.8 Å². The molecule has 6 heteroatoms. The van der Waals surface area contributed by atoms with Crippen molar-refractivity contribution in [2.45, 2.75) is 11.8 Å². The van der Waals surface area contributed by atoms with Gasteiger partial charge < -0.3 is 14.8 Å². The van der Waals surface area contributed by atoms with Crippen LogP contribution in [0.3, 0.4) is 0 Å². The molecule has 0 fully saturated rings. The fraction of sp³-hybridized carbons (Fsp3) is 0.158. The van der Waals surface area contributed by atoms with E-state index in [1.807, 2.05) is 42.5 Å². The molecular formula is C19H17NO4S. The van der Waals surface area contributed by atoms with E-state index >= 15 is 0 Å². The summed E-state index contributed by atoms with van der Waals surface area (Å²) in [5.41, 5.74) is 1.71. The molecule has 0 atom stereocenters. The Kier molecular flexibility index (Phi) is 5.40. The molecule has 1 amide bonds. The Balaban J connectivity index is 1.68. The number of carbonyl (C=O) groups excluding carboxylic acids is 2. The van der Waals surface area contributed by atoms with Crippen LogP contribution < -0.4 is 10.1 Å². The van der Waals surface area contributed by atoms with E-state index in [-0.39, 0.29) is 12.5 Å². The Labute approximate surface area is 150 Å². The zero-order chi connectivity index (χ0) is 17.6. The third-order valence-electron chi connectivity index (χ3n) is 3.42. The minimum Gasteiger partial charge on any atom is -0.482 e. The van der Waals surface area contributed by atoms with Crippen molar-refractivity contribution in [3.05, 3.63) is 59.0 Å². The molecule has 0 aliphatic carbocycles. The SMILES string of the molecule is CCOC(=O)COc1ccc(/C=C2\Sc3ccccc3NC2=O)cc1. The third kappa shape index (κ3) is 4.42. The maximum atomic E-state index is 12.2. The number of anilines is 1. The molecule has 1 aliphatic rings. The lowest BCUT2D eigenvalue weighted by Gasteiger charge is -2.18. The number of fused-ring (bicyclic) bond motifs is 1. The molecule has 2 aromatic rings. The predicted molar refractivity (Wildman–Crippen MR) is 97.5 cm³/mol.